The van der Waals surface area contributed by atoms with E-state index in [1.165, 1.54) is 0 Å². The fourth-order valence-corrected chi connectivity index (χ4v) is 1.99. The van der Waals surface area contributed by atoms with Gasteiger partial charge in [-0.3, -0.25) is 0 Å². The molecule has 0 spiro atoms. The summed E-state index contributed by atoms with van der Waals surface area (Å²) in [4.78, 5) is 0. The molecular formula is C15H15BrO2. The zero-order valence-corrected chi connectivity index (χ0v) is 12.0. The molecule has 2 aromatic rings. The lowest BCUT2D eigenvalue weighted by atomic mass is 10.2. The summed E-state index contributed by atoms with van der Waals surface area (Å²) in [7, 11) is 1.67. The number of methoxy groups -OCH3 is 1. The van der Waals surface area contributed by atoms with Crippen LogP contribution < -0.4 is 9.47 Å². The molecule has 0 saturated heterocycles. The van der Waals surface area contributed by atoms with E-state index in [0.717, 1.165) is 27.1 Å². The number of aryl methyl sites for hydroxylation is 1. The van der Waals surface area contributed by atoms with Crippen LogP contribution in [0, 0.1) is 6.92 Å². The average Bonchev–Trinajstić information content (AvgIpc) is 2.40. The molecule has 18 heavy (non-hydrogen) atoms. The Morgan fingerprint density at radius 2 is 1.94 bits per heavy atom. The van der Waals surface area contributed by atoms with Gasteiger partial charge in [0.2, 0.25) is 0 Å². The third kappa shape index (κ3) is 3.26. The summed E-state index contributed by atoms with van der Waals surface area (Å²) < 4.78 is 12.0. The molecule has 0 N–H and O–H groups in total. The van der Waals surface area contributed by atoms with Gasteiger partial charge in [0.15, 0.2) is 0 Å². The second kappa shape index (κ2) is 5.91. The molecule has 0 atom stereocenters. The molecule has 2 nitrogen and oxygen atoms in total. The van der Waals surface area contributed by atoms with E-state index in [2.05, 4.69) is 15.9 Å². The minimum Gasteiger partial charge on any atom is -0.497 e. The Bertz CT molecular complexity index is 538. The first-order valence-corrected chi connectivity index (χ1v) is 6.50. The maximum Gasteiger partial charge on any atom is 0.123 e. The van der Waals surface area contributed by atoms with Gasteiger partial charge < -0.3 is 9.47 Å². The van der Waals surface area contributed by atoms with Crippen molar-refractivity contribution in [3.63, 3.8) is 0 Å². The number of benzene rings is 2. The van der Waals surface area contributed by atoms with E-state index in [4.69, 9.17) is 9.47 Å². The van der Waals surface area contributed by atoms with E-state index in [1.54, 1.807) is 7.11 Å². The SMILES string of the molecule is COc1cccc(COc2cc(Br)ccc2C)c1. The van der Waals surface area contributed by atoms with Crippen molar-refractivity contribution < 1.29 is 9.47 Å². The van der Waals surface area contributed by atoms with Crippen molar-refractivity contribution in [2.45, 2.75) is 13.5 Å². The Balaban J connectivity index is 2.08. The average molecular weight is 307 g/mol. The molecule has 0 fully saturated rings. The van der Waals surface area contributed by atoms with Crippen molar-refractivity contribution in [3.8, 4) is 11.5 Å². The Morgan fingerprint density at radius 3 is 2.72 bits per heavy atom. The second-order valence-corrected chi connectivity index (χ2v) is 4.97. The van der Waals surface area contributed by atoms with Gasteiger partial charge in [0, 0.05) is 4.47 Å². The van der Waals surface area contributed by atoms with E-state index in [-0.39, 0.29) is 0 Å². The van der Waals surface area contributed by atoms with Crippen LogP contribution in [-0.2, 0) is 6.61 Å². The standard InChI is InChI=1S/C15H15BrO2/c1-11-6-7-13(16)9-15(11)18-10-12-4-3-5-14(8-12)17-2/h3-9H,10H2,1-2H3. The van der Waals surface area contributed by atoms with Crippen LogP contribution in [0.25, 0.3) is 0 Å². The maximum absolute atomic E-state index is 5.82. The van der Waals surface area contributed by atoms with Crippen molar-refractivity contribution in [2.75, 3.05) is 7.11 Å². The van der Waals surface area contributed by atoms with Crippen LogP contribution in [0.4, 0.5) is 0 Å². The minimum absolute atomic E-state index is 0.536. The molecule has 0 aliphatic heterocycles. The van der Waals surface area contributed by atoms with E-state index in [0.29, 0.717) is 6.61 Å². The molecule has 2 rings (SSSR count). The number of hydrogen-bond donors (Lipinski definition) is 0. The highest BCUT2D eigenvalue weighted by molar-refractivity contribution is 9.10. The van der Waals surface area contributed by atoms with Crippen molar-refractivity contribution in [2.24, 2.45) is 0 Å². The summed E-state index contributed by atoms with van der Waals surface area (Å²) in [5.74, 6) is 1.74. The zero-order valence-electron chi connectivity index (χ0n) is 10.4. The van der Waals surface area contributed by atoms with Gasteiger partial charge in [-0.15, -0.1) is 0 Å². The number of rotatable bonds is 4. The van der Waals surface area contributed by atoms with E-state index >= 15 is 0 Å². The van der Waals surface area contributed by atoms with Crippen LogP contribution >= 0.6 is 15.9 Å². The molecular weight excluding hydrogens is 292 g/mol. The molecule has 0 heterocycles. The fraction of sp³-hybridized carbons (Fsp3) is 0.200. The molecule has 0 amide bonds. The fourth-order valence-electron chi connectivity index (χ4n) is 1.65. The molecule has 0 aromatic heterocycles. The molecule has 3 heteroatoms. The maximum atomic E-state index is 5.82. The minimum atomic E-state index is 0.536. The topological polar surface area (TPSA) is 18.5 Å². The van der Waals surface area contributed by atoms with E-state index in [1.807, 2.05) is 49.4 Å². The van der Waals surface area contributed by atoms with Crippen molar-refractivity contribution in [1.29, 1.82) is 0 Å². The van der Waals surface area contributed by atoms with Crippen molar-refractivity contribution in [3.05, 3.63) is 58.1 Å². The molecule has 2 aromatic carbocycles. The monoisotopic (exact) mass is 306 g/mol. The lowest BCUT2D eigenvalue weighted by Crippen LogP contribution is -1.97. The third-order valence-electron chi connectivity index (χ3n) is 2.68. The summed E-state index contributed by atoms with van der Waals surface area (Å²) in [5.41, 5.74) is 2.22. The normalized spacial score (nSPS) is 10.2. The van der Waals surface area contributed by atoms with Gasteiger partial charge in [0.05, 0.1) is 7.11 Å². The molecule has 0 aliphatic carbocycles. The van der Waals surface area contributed by atoms with E-state index < -0.39 is 0 Å². The number of ether oxygens (including phenoxy) is 2. The van der Waals surface area contributed by atoms with Gasteiger partial charge in [-0.25, -0.2) is 0 Å². The Labute approximate surface area is 116 Å². The predicted molar refractivity (Wildman–Crippen MR) is 76.2 cm³/mol. The summed E-state index contributed by atoms with van der Waals surface area (Å²) in [6.07, 6.45) is 0. The van der Waals surface area contributed by atoms with Gasteiger partial charge in [-0.1, -0.05) is 34.1 Å². The van der Waals surface area contributed by atoms with Gasteiger partial charge in [-0.05, 0) is 42.3 Å². The van der Waals surface area contributed by atoms with Gasteiger partial charge >= 0.3 is 0 Å². The molecule has 0 aliphatic rings. The highest BCUT2D eigenvalue weighted by Crippen LogP contribution is 2.24. The Hall–Kier alpha value is -1.48. The number of halogens is 1. The second-order valence-electron chi connectivity index (χ2n) is 4.05. The zero-order chi connectivity index (χ0) is 13.0. The highest BCUT2D eigenvalue weighted by atomic mass is 79.9. The quantitative estimate of drug-likeness (QED) is 0.836. The lowest BCUT2D eigenvalue weighted by molar-refractivity contribution is 0.303. The first kappa shape index (κ1) is 13.0. The predicted octanol–water partition coefficient (Wildman–Crippen LogP) is 4.35. The van der Waals surface area contributed by atoms with Crippen LogP contribution in [0.5, 0.6) is 11.5 Å². The van der Waals surface area contributed by atoms with Crippen LogP contribution in [0.2, 0.25) is 0 Å². The van der Waals surface area contributed by atoms with Gasteiger partial charge in [0.25, 0.3) is 0 Å². The molecule has 0 unspecified atom stereocenters. The Morgan fingerprint density at radius 1 is 1.11 bits per heavy atom. The van der Waals surface area contributed by atoms with E-state index in [9.17, 15) is 0 Å². The van der Waals surface area contributed by atoms with Gasteiger partial charge in [-0.2, -0.15) is 0 Å². The van der Waals surface area contributed by atoms with Crippen molar-refractivity contribution >= 4 is 15.9 Å². The van der Waals surface area contributed by atoms with Crippen LogP contribution in [0.15, 0.2) is 46.9 Å². The largest absolute Gasteiger partial charge is 0.497 e. The van der Waals surface area contributed by atoms with Crippen LogP contribution in [0.3, 0.4) is 0 Å². The van der Waals surface area contributed by atoms with Crippen molar-refractivity contribution in [1.82, 2.24) is 0 Å². The molecule has 0 radical (unpaired) electrons. The first-order chi connectivity index (χ1) is 8.69. The van der Waals surface area contributed by atoms with Crippen LogP contribution in [0.1, 0.15) is 11.1 Å². The summed E-state index contributed by atoms with van der Waals surface area (Å²) in [6, 6.07) is 13.9. The molecule has 0 bridgehead atoms. The highest BCUT2D eigenvalue weighted by Gasteiger charge is 2.02. The van der Waals surface area contributed by atoms with Gasteiger partial charge in [0.1, 0.15) is 18.1 Å². The summed E-state index contributed by atoms with van der Waals surface area (Å²) >= 11 is 3.45. The van der Waals surface area contributed by atoms with Crippen LogP contribution in [-0.4, -0.2) is 7.11 Å². The smallest absolute Gasteiger partial charge is 0.123 e. The summed E-state index contributed by atoms with van der Waals surface area (Å²) in [5, 5.41) is 0. The lowest BCUT2D eigenvalue weighted by Gasteiger charge is -2.10. The number of hydrogen-bond acceptors (Lipinski definition) is 2. The first-order valence-electron chi connectivity index (χ1n) is 5.71. The third-order valence-corrected chi connectivity index (χ3v) is 3.17. The molecule has 94 valence electrons. The Kier molecular flexibility index (Phi) is 4.26. The summed E-state index contributed by atoms with van der Waals surface area (Å²) in [6.45, 7) is 2.57. The molecule has 0 saturated carbocycles.